The van der Waals surface area contributed by atoms with E-state index in [9.17, 15) is 4.79 Å². The van der Waals surface area contributed by atoms with Crippen LogP contribution in [0, 0.1) is 0 Å². The topological polar surface area (TPSA) is 39.3 Å². The Balaban J connectivity index is 1.71. The van der Waals surface area contributed by atoms with Gasteiger partial charge < -0.3 is 4.57 Å². The van der Waals surface area contributed by atoms with E-state index in [1.807, 2.05) is 12.4 Å². The Morgan fingerprint density at radius 2 is 1.70 bits per heavy atom. The molecular weight excluding hydrogens is 270 g/mol. The summed E-state index contributed by atoms with van der Waals surface area (Å²) in [5.41, 5.74) is 0.707. The predicted octanol–water partition coefficient (Wildman–Crippen LogP) is 3.16. The van der Waals surface area contributed by atoms with Crippen LogP contribution >= 0.6 is 12.6 Å². The molecule has 4 nitrogen and oxygen atoms in total. The third-order valence-corrected chi connectivity index (χ3v) is 3.91. The molecule has 0 bridgehead atoms. The van der Waals surface area contributed by atoms with Crippen molar-refractivity contribution in [1.29, 1.82) is 0 Å². The van der Waals surface area contributed by atoms with Crippen molar-refractivity contribution in [2.75, 3.05) is 5.75 Å². The Kier molecular flexibility index (Phi) is 6.18. The molecule has 0 spiro atoms. The molecule has 0 atom stereocenters. The fourth-order valence-electron chi connectivity index (χ4n) is 2.41. The number of aromatic nitrogens is 3. The van der Waals surface area contributed by atoms with Crippen LogP contribution in [-0.4, -0.2) is 19.9 Å². The third kappa shape index (κ3) is 4.13. The Hall–Kier alpha value is -1.23. The first-order valence-electron chi connectivity index (χ1n) is 7.46. The van der Waals surface area contributed by atoms with Gasteiger partial charge in [-0.1, -0.05) is 32.1 Å². The average Bonchev–Trinajstić information content (AvgIpc) is 2.93. The van der Waals surface area contributed by atoms with E-state index in [4.69, 9.17) is 0 Å². The summed E-state index contributed by atoms with van der Waals surface area (Å²) in [4.78, 5) is 12.1. The summed E-state index contributed by atoms with van der Waals surface area (Å²) in [5, 5.41) is 4.06. The summed E-state index contributed by atoms with van der Waals surface area (Å²) in [5.74, 6) is 1.000. The number of unbranched alkanes of at least 4 members (excludes halogenated alkanes) is 6. The highest BCUT2D eigenvalue weighted by Gasteiger charge is 2.02. The van der Waals surface area contributed by atoms with Crippen molar-refractivity contribution in [1.82, 2.24) is 14.2 Å². The largest absolute Gasteiger partial charge is 0.312 e. The molecule has 0 aliphatic rings. The van der Waals surface area contributed by atoms with Gasteiger partial charge in [0.25, 0.3) is 5.56 Å². The summed E-state index contributed by atoms with van der Waals surface area (Å²) in [6.07, 6.45) is 14.0. The molecule has 110 valence electrons. The second kappa shape index (κ2) is 8.15. The summed E-state index contributed by atoms with van der Waals surface area (Å²) in [6, 6.07) is 1.76. The number of aryl methyl sites for hydroxylation is 1. The Morgan fingerprint density at radius 1 is 1.00 bits per heavy atom. The van der Waals surface area contributed by atoms with Gasteiger partial charge in [0, 0.05) is 18.9 Å². The standard InChI is InChI=1S/C15H23N3OS/c19-15-14-8-9-16-18(14)12-11-17(15)10-6-4-2-1-3-5-7-13-20/h8-9,11-12,20H,1-7,10,13H2. The smallest absolute Gasteiger partial charge is 0.276 e. The maximum Gasteiger partial charge on any atom is 0.276 e. The Bertz CT molecular complexity index is 576. The summed E-state index contributed by atoms with van der Waals surface area (Å²) < 4.78 is 3.41. The molecule has 0 saturated heterocycles. The van der Waals surface area contributed by atoms with Gasteiger partial charge in [0.15, 0.2) is 0 Å². The molecule has 20 heavy (non-hydrogen) atoms. The number of rotatable bonds is 9. The van der Waals surface area contributed by atoms with Crippen LogP contribution in [0.3, 0.4) is 0 Å². The summed E-state index contributed by atoms with van der Waals surface area (Å²) >= 11 is 4.21. The van der Waals surface area contributed by atoms with E-state index in [0.29, 0.717) is 5.52 Å². The molecule has 0 fully saturated rings. The first-order valence-corrected chi connectivity index (χ1v) is 8.10. The number of fused-ring (bicyclic) bond motifs is 1. The number of hydrogen-bond acceptors (Lipinski definition) is 3. The molecule has 0 N–H and O–H groups in total. The van der Waals surface area contributed by atoms with Crippen LogP contribution in [0.5, 0.6) is 0 Å². The molecule has 0 aliphatic carbocycles. The second-order valence-corrected chi connectivity index (χ2v) is 5.60. The van der Waals surface area contributed by atoms with Crippen LogP contribution in [-0.2, 0) is 6.54 Å². The lowest BCUT2D eigenvalue weighted by atomic mass is 10.1. The van der Waals surface area contributed by atoms with E-state index >= 15 is 0 Å². The van der Waals surface area contributed by atoms with Gasteiger partial charge in [-0.05, 0) is 24.7 Å². The average molecular weight is 293 g/mol. The van der Waals surface area contributed by atoms with E-state index < -0.39 is 0 Å². The van der Waals surface area contributed by atoms with Gasteiger partial charge in [0.2, 0.25) is 0 Å². The minimum Gasteiger partial charge on any atom is -0.312 e. The highest BCUT2D eigenvalue weighted by atomic mass is 32.1. The zero-order chi connectivity index (χ0) is 14.2. The van der Waals surface area contributed by atoms with Crippen LogP contribution in [0.1, 0.15) is 44.9 Å². The third-order valence-electron chi connectivity index (χ3n) is 3.60. The number of nitrogens with zero attached hydrogens (tertiary/aromatic N) is 3. The second-order valence-electron chi connectivity index (χ2n) is 5.16. The summed E-state index contributed by atoms with van der Waals surface area (Å²) in [7, 11) is 0. The van der Waals surface area contributed by atoms with Crippen LogP contribution in [0.25, 0.3) is 5.52 Å². The molecule has 2 aromatic rings. The Labute approximate surface area is 125 Å². The lowest BCUT2D eigenvalue weighted by Crippen LogP contribution is -2.21. The molecule has 0 unspecified atom stereocenters. The molecule has 2 heterocycles. The van der Waals surface area contributed by atoms with Crippen molar-refractivity contribution in [2.45, 2.75) is 51.5 Å². The molecule has 0 saturated carbocycles. The quantitative estimate of drug-likeness (QED) is 0.570. The van der Waals surface area contributed by atoms with Gasteiger partial charge in [-0.2, -0.15) is 17.7 Å². The van der Waals surface area contributed by atoms with Crippen LogP contribution in [0.4, 0.5) is 0 Å². The van der Waals surface area contributed by atoms with Crippen molar-refractivity contribution in [3.63, 3.8) is 0 Å². The van der Waals surface area contributed by atoms with Crippen LogP contribution in [0.15, 0.2) is 29.5 Å². The van der Waals surface area contributed by atoms with Gasteiger partial charge >= 0.3 is 0 Å². The molecule has 2 aromatic heterocycles. The minimum atomic E-state index is 0.0544. The van der Waals surface area contributed by atoms with Gasteiger partial charge in [0.1, 0.15) is 5.52 Å². The van der Waals surface area contributed by atoms with Crippen LogP contribution in [0.2, 0.25) is 0 Å². The van der Waals surface area contributed by atoms with Crippen molar-refractivity contribution >= 4 is 18.1 Å². The summed E-state index contributed by atoms with van der Waals surface area (Å²) in [6.45, 7) is 0.803. The predicted molar refractivity (Wildman–Crippen MR) is 85.6 cm³/mol. The van der Waals surface area contributed by atoms with Crippen molar-refractivity contribution < 1.29 is 0 Å². The van der Waals surface area contributed by atoms with Crippen molar-refractivity contribution in [2.24, 2.45) is 0 Å². The molecule has 2 rings (SSSR count). The highest BCUT2D eigenvalue weighted by molar-refractivity contribution is 7.80. The fourth-order valence-corrected chi connectivity index (χ4v) is 2.64. The van der Waals surface area contributed by atoms with E-state index in [1.54, 1.807) is 21.3 Å². The molecule has 0 amide bonds. The van der Waals surface area contributed by atoms with Crippen LogP contribution < -0.4 is 5.56 Å². The zero-order valence-electron chi connectivity index (χ0n) is 11.9. The lowest BCUT2D eigenvalue weighted by Gasteiger charge is -2.06. The first kappa shape index (κ1) is 15.2. The van der Waals surface area contributed by atoms with E-state index in [-0.39, 0.29) is 5.56 Å². The first-order chi connectivity index (χ1) is 9.83. The van der Waals surface area contributed by atoms with Gasteiger partial charge in [-0.15, -0.1) is 0 Å². The minimum absolute atomic E-state index is 0.0544. The lowest BCUT2D eigenvalue weighted by molar-refractivity contribution is 0.542. The normalized spacial score (nSPS) is 11.2. The molecular formula is C15H23N3OS. The SMILES string of the molecule is O=c1c2ccnn2ccn1CCCCCCCCCS. The number of thiol groups is 1. The maximum atomic E-state index is 12.1. The van der Waals surface area contributed by atoms with E-state index in [1.165, 1.54) is 38.5 Å². The molecule has 0 aliphatic heterocycles. The molecule has 0 aromatic carbocycles. The van der Waals surface area contributed by atoms with E-state index in [0.717, 1.165) is 18.7 Å². The van der Waals surface area contributed by atoms with E-state index in [2.05, 4.69) is 17.7 Å². The highest BCUT2D eigenvalue weighted by Crippen LogP contribution is 2.08. The monoisotopic (exact) mass is 293 g/mol. The van der Waals surface area contributed by atoms with Gasteiger partial charge in [-0.25, -0.2) is 4.52 Å². The molecule has 0 radical (unpaired) electrons. The van der Waals surface area contributed by atoms with Gasteiger partial charge in [-0.3, -0.25) is 4.79 Å². The van der Waals surface area contributed by atoms with Gasteiger partial charge in [0.05, 0.1) is 6.20 Å². The fraction of sp³-hybridized carbons (Fsp3) is 0.600. The molecule has 5 heteroatoms. The number of hydrogen-bond donors (Lipinski definition) is 1. The zero-order valence-corrected chi connectivity index (χ0v) is 12.8. The Morgan fingerprint density at radius 3 is 2.45 bits per heavy atom. The van der Waals surface area contributed by atoms with Crippen molar-refractivity contribution in [3.8, 4) is 0 Å². The van der Waals surface area contributed by atoms with Crippen molar-refractivity contribution in [3.05, 3.63) is 35.0 Å². The maximum absolute atomic E-state index is 12.1.